The van der Waals surface area contributed by atoms with Crippen molar-refractivity contribution >= 4 is 23.9 Å². The molecule has 38 atom stereocenters. The Labute approximate surface area is 671 Å². The Morgan fingerprint density at radius 3 is 1.17 bits per heavy atom. The number of azide groups is 12. The van der Waals surface area contributed by atoms with Crippen LogP contribution in [-0.4, -0.2) is 302 Å². The van der Waals surface area contributed by atoms with E-state index >= 15 is 8.78 Å². The maximum Gasteiger partial charge on any atom is 0.303 e. The zero-order chi connectivity index (χ0) is 88.2. The van der Waals surface area contributed by atoms with Crippen molar-refractivity contribution in [2.24, 2.45) is 67.3 Å². The Balaban J connectivity index is 0.000000337. The fourth-order valence-electron chi connectivity index (χ4n) is 14.6. The fraction of sp³-hybridized carbons (Fsp3) is 0.930. The van der Waals surface area contributed by atoms with E-state index in [2.05, 4.69) is 120 Å². The number of hydrogen-bond acceptors (Lipinski definition) is 37. The van der Waals surface area contributed by atoms with Gasteiger partial charge in [0.15, 0.2) is 56.1 Å². The molecular weight excluding hydrogens is 1630 g/mol. The van der Waals surface area contributed by atoms with Gasteiger partial charge in [0.25, 0.3) is 0 Å². The molecule has 0 amide bonds. The number of aliphatic hydroxyl groups is 5. The molecule has 6 aliphatic heterocycles. The Morgan fingerprint density at radius 1 is 0.317 bits per heavy atom. The number of rotatable bonds is 34. The summed E-state index contributed by atoms with van der Waals surface area (Å²) in [7, 11) is 0. The van der Waals surface area contributed by atoms with E-state index in [9.17, 15) is 77.9 Å². The van der Waals surface area contributed by atoms with Gasteiger partial charge in [-0.1, -0.05) is 82.1 Å². The number of halogens is 2. The standard InChI is InChI=1S/C33H45FN18O14.C24H35FN18O11/c1-7-18-26(65-32-23(46-52-40)28(59-14(5)55)27(58-13(4)54)20(63-32)10-42-48-36)30(60-15(6)56)33(61-18)66-29-24(57-12(3)53)16(43-49-37)8-17(44-50-38)25(29)64-31-22(45-51-39)21(34)11(2)19(62-31)9-41-47-35;1-2-8-20(53-23-13(37-43-31)17(47)16(46)10(51-23)5-33-39-27)18(48)24(49-8)54-21-14(44)6(34-40-28)3-7(35-41-29)19(21)52-22-12(36-42-30)11(25)15(45)9(50-22)4-32-38-26/h11,16-33H,7-10H2,1-6H3;6-24,44-48H,2-5H2,1H3/t11-,16+,17-,18+,19+,20-,21-,22+,23+,24-,25+,26+,27+,28+,29+,30+,31+,32+,33-;6-,7+,8-,9-,10+,11-,12-,13-,14+,15+,16-,17-,18-,19-,20-,21-,22-,23-,24+/m01/s1. The maximum absolute atomic E-state index is 16.0. The summed E-state index contributed by atoms with van der Waals surface area (Å²) in [5.41, 5.74) is 111. The lowest BCUT2D eigenvalue weighted by Gasteiger charge is -2.47. The first-order valence-corrected chi connectivity index (χ1v) is 36.2. The van der Waals surface area contributed by atoms with Crippen LogP contribution in [-0.2, 0) is 95.0 Å². The second-order valence-electron chi connectivity index (χ2n) is 27.2. The van der Waals surface area contributed by atoms with Crippen LogP contribution < -0.4 is 0 Å². The number of alkyl halides is 2. The first-order chi connectivity index (χ1) is 57.5. The third-order valence-electron chi connectivity index (χ3n) is 19.9. The largest absolute Gasteiger partial charge is 0.459 e. The van der Waals surface area contributed by atoms with Crippen LogP contribution in [0, 0.1) is 5.92 Å². The highest BCUT2D eigenvalue weighted by Gasteiger charge is 2.61. The summed E-state index contributed by atoms with van der Waals surface area (Å²) in [5, 5.41) is 96.8. The minimum Gasteiger partial charge on any atom is -0.459 e. The summed E-state index contributed by atoms with van der Waals surface area (Å²) in [5.74, 6) is -4.70. The summed E-state index contributed by atoms with van der Waals surface area (Å²) in [4.78, 5) is 82.6. The van der Waals surface area contributed by atoms with Gasteiger partial charge in [-0.25, -0.2) is 8.78 Å². The number of ether oxygens (including phenoxy) is 16. The van der Waals surface area contributed by atoms with Gasteiger partial charge in [0.05, 0.1) is 105 Å². The number of esters is 4. The third-order valence-corrected chi connectivity index (χ3v) is 19.9. The van der Waals surface area contributed by atoms with Crippen LogP contribution in [0.5, 0.6) is 0 Å². The molecule has 6 saturated heterocycles. The van der Waals surface area contributed by atoms with Crippen LogP contribution in [0.4, 0.5) is 8.78 Å². The smallest absolute Gasteiger partial charge is 0.303 e. The van der Waals surface area contributed by atoms with Crippen LogP contribution in [0.1, 0.15) is 74.1 Å². The Hall–Kier alpha value is -11.2. The first-order valence-electron chi connectivity index (χ1n) is 36.2. The van der Waals surface area contributed by atoms with Gasteiger partial charge in [-0.2, -0.15) is 0 Å². The van der Waals surface area contributed by atoms with Crippen molar-refractivity contribution in [2.45, 2.75) is 301 Å². The van der Waals surface area contributed by atoms with E-state index in [1.54, 1.807) is 13.8 Å². The van der Waals surface area contributed by atoms with E-state index in [-0.39, 0.29) is 25.7 Å². The molecule has 2 aliphatic carbocycles. The van der Waals surface area contributed by atoms with E-state index in [4.69, 9.17) is 109 Å². The van der Waals surface area contributed by atoms with Crippen LogP contribution in [0.25, 0.3) is 125 Å². The van der Waals surface area contributed by atoms with Gasteiger partial charge in [-0.05, 0) is 92.1 Å². The molecule has 63 heteroatoms. The lowest BCUT2D eigenvalue weighted by Crippen LogP contribution is -2.63. The SMILES string of the molecule is CC[C@H]1O[C@@H](O[C@@H]2[C@@H](O)[C@H](N=[N+]=[N-])C[C@H](N=[N+]=[N-])[C@H]2O[C@H]2O[C@H](CN=[N+]=[N-])[C@H](O)[C@H](F)[C@H]2N=[N+]=[N-])[C@H](O)[C@@H]1O[C@H]1O[C@@H](CN=[N+]=[N-])[C@@H](O)[C@H](O)[C@H]1N=[N+]=[N-].CC[C@H]1O[C@@H](O[C@@H]2[C@@H](OC(C)=O)[C@H](N=[N+]=[N-])C[C@H](N=[N+]=[N-])[C@H]2O[C@H]2O[C@H](CN=[N+]=[N-])[C@H](C)[C@H](F)[C@H]2N=[N+]=[N-])[C@H](OC(C)=O)[C@@H]1O[C@H]1O[C@@H](CN=[N+]=[N-])[C@@H](OC(C)=O)[C@H](OC(C)=O)[C@H]1N=[N+]=[N-]. The number of nitrogens with zero attached hydrogens (tertiary/aromatic N) is 36. The average molecular weight is 1710 g/mol. The summed E-state index contributed by atoms with van der Waals surface area (Å²) >= 11 is 0. The van der Waals surface area contributed by atoms with Crippen molar-refractivity contribution in [3.05, 3.63) is 125 Å². The molecule has 2 saturated carbocycles. The van der Waals surface area contributed by atoms with Crippen LogP contribution in [0.2, 0.25) is 0 Å². The molecule has 8 fully saturated rings. The topological polar surface area (TPSA) is 902 Å². The number of carbonyl (C=O) groups excluding carboxylic acids is 4. The van der Waals surface area contributed by atoms with E-state index < -0.39 is 283 Å². The highest BCUT2D eigenvalue weighted by atomic mass is 19.1. The molecule has 0 spiro atoms. The van der Waals surface area contributed by atoms with Gasteiger partial charge >= 0.3 is 23.9 Å². The minimum atomic E-state index is -2.34. The Bertz CT molecular complexity index is 4180. The van der Waals surface area contributed by atoms with Crippen LogP contribution in [0.15, 0.2) is 61.4 Å². The summed E-state index contributed by atoms with van der Waals surface area (Å²) in [6.07, 6.45) is -48.5. The molecule has 5 N–H and O–H groups in total. The average Bonchev–Trinajstić information content (AvgIpc) is 1.49. The molecule has 6 heterocycles. The van der Waals surface area contributed by atoms with Crippen molar-refractivity contribution in [2.75, 3.05) is 26.2 Å². The monoisotopic (exact) mass is 1710 g/mol. The molecule has 0 aromatic rings. The summed E-state index contributed by atoms with van der Waals surface area (Å²) in [6, 6.07) is -12.4. The quantitative estimate of drug-likeness (QED) is 0.0146. The van der Waals surface area contributed by atoms with Gasteiger partial charge in [0, 0.05) is 92.6 Å². The van der Waals surface area contributed by atoms with Crippen molar-refractivity contribution in [3.63, 3.8) is 0 Å². The van der Waals surface area contributed by atoms with Gasteiger partial charge in [-0.15, -0.1) is 0 Å². The van der Waals surface area contributed by atoms with E-state index in [0.717, 1.165) is 27.7 Å². The molecule has 652 valence electrons. The molecular formula is C57H80F2N36O25. The molecule has 61 nitrogen and oxygen atoms in total. The van der Waals surface area contributed by atoms with E-state index in [0.29, 0.717) is 0 Å². The zero-order valence-electron chi connectivity index (χ0n) is 63.9. The van der Waals surface area contributed by atoms with Gasteiger partial charge in [0.2, 0.25) is 0 Å². The Morgan fingerprint density at radius 2 is 0.658 bits per heavy atom. The van der Waals surface area contributed by atoms with E-state index in [1.165, 1.54) is 6.92 Å². The van der Waals surface area contributed by atoms with E-state index in [1.807, 2.05) is 0 Å². The van der Waals surface area contributed by atoms with Crippen molar-refractivity contribution < 1.29 is 129 Å². The lowest BCUT2D eigenvalue weighted by atomic mass is 9.83. The normalized spacial score (nSPS) is 39.7. The molecule has 0 bridgehead atoms. The molecule has 8 rings (SSSR count). The first kappa shape index (κ1) is 95.9. The highest BCUT2D eigenvalue weighted by molar-refractivity contribution is 5.68. The highest BCUT2D eigenvalue weighted by Crippen LogP contribution is 2.44. The van der Waals surface area contributed by atoms with Crippen LogP contribution in [0.3, 0.4) is 0 Å². The van der Waals surface area contributed by atoms with Gasteiger partial charge in [0.1, 0.15) is 91.4 Å². The zero-order valence-corrected chi connectivity index (χ0v) is 63.9. The van der Waals surface area contributed by atoms with Crippen molar-refractivity contribution in [1.82, 2.24) is 0 Å². The number of hydrogen-bond donors (Lipinski definition) is 5. The fourth-order valence-corrected chi connectivity index (χ4v) is 14.6. The Kier molecular flexibility index (Phi) is 37.1. The molecule has 120 heavy (non-hydrogen) atoms. The molecule has 8 aliphatic rings. The lowest BCUT2D eigenvalue weighted by molar-refractivity contribution is -0.302. The predicted octanol–water partition coefficient (Wildman–Crippen LogP) is 6.78. The molecule has 0 unspecified atom stereocenters. The molecule has 0 radical (unpaired) electrons. The third kappa shape index (κ3) is 23.6. The summed E-state index contributed by atoms with van der Waals surface area (Å²) in [6.45, 7) is 6.72. The summed E-state index contributed by atoms with van der Waals surface area (Å²) < 4.78 is 126. The van der Waals surface area contributed by atoms with Crippen molar-refractivity contribution in [1.29, 1.82) is 0 Å². The maximum atomic E-state index is 16.0. The van der Waals surface area contributed by atoms with Gasteiger partial charge < -0.3 is 101 Å². The second-order valence-corrected chi connectivity index (χ2v) is 27.2. The predicted molar refractivity (Wildman–Crippen MR) is 382 cm³/mol. The van der Waals surface area contributed by atoms with Crippen LogP contribution >= 0.6 is 0 Å². The minimum absolute atomic E-state index is 0.0415. The molecule has 0 aromatic carbocycles. The van der Waals surface area contributed by atoms with Gasteiger partial charge in [-0.3, -0.25) is 19.2 Å². The van der Waals surface area contributed by atoms with Crippen molar-refractivity contribution in [3.8, 4) is 0 Å². The number of carbonyl (C=O) groups is 4. The molecule has 0 aromatic heterocycles. The number of aliphatic hydroxyl groups excluding tert-OH is 5. The second kappa shape index (κ2) is 46.4.